The van der Waals surface area contributed by atoms with E-state index in [1.165, 1.54) is 24.1 Å². The summed E-state index contributed by atoms with van der Waals surface area (Å²) in [6, 6.07) is 15.7. The molecule has 1 amide bonds. The number of hydrogen-bond donors (Lipinski definition) is 2. The largest absolute Gasteiger partial charge is 0.416 e. The lowest BCUT2D eigenvalue weighted by atomic mass is 9.76. The fourth-order valence-electron chi connectivity index (χ4n) is 6.17. The molecule has 2 N–H and O–H groups in total. The van der Waals surface area contributed by atoms with Gasteiger partial charge in [-0.3, -0.25) is 4.79 Å². The van der Waals surface area contributed by atoms with Crippen LogP contribution in [0.1, 0.15) is 91.5 Å². The van der Waals surface area contributed by atoms with Crippen molar-refractivity contribution in [3.8, 4) is 0 Å². The average Bonchev–Trinajstić information content (AvgIpc) is 3.36. The third kappa shape index (κ3) is 4.62. The molecule has 1 aliphatic carbocycles. The van der Waals surface area contributed by atoms with Crippen molar-refractivity contribution < 1.29 is 18.0 Å². The van der Waals surface area contributed by atoms with Crippen LogP contribution in [0.3, 0.4) is 0 Å². The molecular weight excluding hydrogens is 477 g/mol. The van der Waals surface area contributed by atoms with Crippen LogP contribution in [-0.2, 0) is 11.7 Å². The number of carbonyl (C=O) groups excluding carboxylic acids is 1. The summed E-state index contributed by atoms with van der Waals surface area (Å²) in [4.78, 5) is 13.7. The number of nitrogens with zero attached hydrogens (tertiary/aromatic N) is 2. The highest BCUT2D eigenvalue weighted by Crippen LogP contribution is 2.48. The van der Waals surface area contributed by atoms with E-state index in [4.69, 9.17) is 0 Å². The van der Waals surface area contributed by atoms with Crippen LogP contribution in [0.4, 0.5) is 19.0 Å². The van der Waals surface area contributed by atoms with Crippen molar-refractivity contribution in [3.63, 3.8) is 0 Å². The van der Waals surface area contributed by atoms with E-state index in [1.807, 2.05) is 36.7 Å². The second kappa shape index (κ2) is 9.88. The van der Waals surface area contributed by atoms with Gasteiger partial charge in [0.05, 0.1) is 29.4 Å². The highest BCUT2D eigenvalue weighted by Gasteiger charge is 2.42. The van der Waals surface area contributed by atoms with Crippen molar-refractivity contribution in [1.29, 1.82) is 0 Å². The SMILES string of the molecule is CCC(CC)(NC(=O)c1cnn2c1NC(c1ccccc1)C1CCCCC12)c1ccc(C(F)(F)F)cc1. The van der Waals surface area contributed by atoms with Crippen LogP contribution in [-0.4, -0.2) is 15.7 Å². The molecule has 3 atom stereocenters. The number of benzene rings is 2. The van der Waals surface area contributed by atoms with Gasteiger partial charge in [0.1, 0.15) is 11.4 Å². The Morgan fingerprint density at radius 2 is 1.65 bits per heavy atom. The molecule has 1 saturated carbocycles. The standard InChI is InChI=1S/C29H33F3N4O/c1-3-28(4-2,20-14-16-21(17-15-20)29(30,31)32)35-27(37)23-18-33-36-24-13-9-8-12-22(24)25(34-26(23)36)19-10-6-5-7-11-19/h5-7,10-11,14-18,22,24-25,34H,3-4,8-9,12-13H2,1-2H3,(H,35,37). The zero-order valence-electron chi connectivity index (χ0n) is 21.2. The molecule has 8 heteroatoms. The number of alkyl halides is 3. The second-order valence-corrected chi connectivity index (χ2v) is 10.2. The summed E-state index contributed by atoms with van der Waals surface area (Å²) in [6.45, 7) is 3.87. The Kier molecular flexibility index (Phi) is 6.77. The Labute approximate surface area is 215 Å². The Morgan fingerprint density at radius 3 is 2.30 bits per heavy atom. The molecule has 1 aliphatic heterocycles. The van der Waals surface area contributed by atoms with Crippen LogP contribution in [0.15, 0.2) is 60.8 Å². The first kappa shape index (κ1) is 25.4. The van der Waals surface area contributed by atoms with Gasteiger partial charge in [-0.05, 0) is 48.9 Å². The Morgan fingerprint density at radius 1 is 1.00 bits per heavy atom. The summed E-state index contributed by atoms with van der Waals surface area (Å²) in [6.07, 6.45) is 2.72. The van der Waals surface area contributed by atoms with Crippen LogP contribution in [0, 0.1) is 5.92 Å². The van der Waals surface area contributed by atoms with Gasteiger partial charge in [-0.1, -0.05) is 69.2 Å². The van der Waals surface area contributed by atoms with Gasteiger partial charge in [-0.15, -0.1) is 0 Å². The van der Waals surface area contributed by atoms with Crippen LogP contribution < -0.4 is 10.6 Å². The molecule has 5 rings (SSSR count). The smallest absolute Gasteiger partial charge is 0.362 e. The van der Waals surface area contributed by atoms with Crippen molar-refractivity contribution in [3.05, 3.63) is 83.0 Å². The third-order valence-electron chi connectivity index (χ3n) is 8.34. The Hall–Kier alpha value is -3.29. The predicted molar refractivity (Wildman–Crippen MR) is 137 cm³/mol. The average molecular weight is 511 g/mol. The monoisotopic (exact) mass is 510 g/mol. The van der Waals surface area contributed by atoms with Gasteiger partial charge < -0.3 is 10.6 Å². The van der Waals surface area contributed by atoms with Gasteiger partial charge in [0.25, 0.3) is 5.91 Å². The van der Waals surface area contributed by atoms with E-state index in [0.717, 1.165) is 31.4 Å². The zero-order valence-corrected chi connectivity index (χ0v) is 21.2. The lowest BCUT2D eigenvalue weighted by molar-refractivity contribution is -0.137. The van der Waals surface area contributed by atoms with Crippen molar-refractivity contribution >= 4 is 11.7 Å². The maximum atomic E-state index is 13.7. The molecule has 2 heterocycles. The molecule has 1 aromatic heterocycles. The fourth-order valence-corrected chi connectivity index (χ4v) is 6.17. The van der Waals surface area contributed by atoms with Gasteiger partial charge >= 0.3 is 6.18 Å². The van der Waals surface area contributed by atoms with Gasteiger partial charge in [-0.25, -0.2) is 4.68 Å². The van der Waals surface area contributed by atoms with Crippen molar-refractivity contribution in [2.24, 2.45) is 5.92 Å². The molecule has 0 spiro atoms. The number of anilines is 1. The molecule has 0 radical (unpaired) electrons. The molecule has 2 aliphatic rings. The highest BCUT2D eigenvalue weighted by atomic mass is 19.4. The first-order chi connectivity index (χ1) is 17.8. The molecule has 5 nitrogen and oxygen atoms in total. The molecule has 196 valence electrons. The van der Waals surface area contributed by atoms with Gasteiger partial charge in [0.15, 0.2) is 0 Å². The summed E-state index contributed by atoms with van der Waals surface area (Å²) < 4.78 is 41.3. The number of rotatable bonds is 6. The van der Waals surface area contributed by atoms with Crippen LogP contribution >= 0.6 is 0 Å². The number of nitrogens with one attached hydrogen (secondary N) is 2. The van der Waals surface area contributed by atoms with Crippen molar-refractivity contribution in [2.45, 2.75) is 76.2 Å². The maximum absolute atomic E-state index is 13.7. The fraction of sp³-hybridized carbons (Fsp3) is 0.448. The molecular formula is C29H33F3N4O. The lowest BCUT2D eigenvalue weighted by Gasteiger charge is -2.43. The van der Waals surface area contributed by atoms with E-state index in [2.05, 4.69) is 27.9 Å². The molecule has 0 bridgehead atoms. The molecule has 0 saturated heterocycles. The summed E-state index contributed by atoms with van der Waals surface area (Å²) in [5, 5.41) is 11.5. The summed E-state index contributed by atoms with van der Waals surface area (Å²) >= 11 is 0. The Bertz CT molecular complexity index is 1230. The number of aromatic nitrogens is 2. The van der Waals surface area contributed by atoms with Gasteiger partial charge in [-0.2, -0.15) is 18.3 Å². The van der Waals surface area contributed by atoms with Crippen molar-refractivity contribution in [1.82, 2.24) is 15.1 Å². The molecule has 2 aromatic carbocycles. The lowest BCUT2D eigenvalue weighted by Crippen LogP contribution is -2.45. The number of carbonyl (C=O) groups is 1. The third-order valence-corrected chi connectivity index (χ3v) is 8.34. The van der Waals surface area contributed by atoms with Crippen LogP contribution in [0.2, 0.25) is 0 Å². The predicted octanol–water partition coefficient (Wildman–Crippen LogP) is 7.25. The quantitative estimate of drug-likeness (QED) is 0.367. The minimum Gasteiger partial charge on any atom is -0.362 e. The maximum Gasteiger partial charge on any atom is 0.416 e. The summed E-state index contributed by atoms with van der Waals surface area (Å²) in [5.41, 5.74) is 0.814. The van der Waals surface area contributed by atoms with Crippen LogP contribution in [0.25, 0.3) is 0 Å². The highest BCUT2D eigenvalue weighted by molar-refractivity contribution is 5.99. The van der Waals surface area contributed by atoms with E-state index in [1.54, 1.807) is 6.20 Å². The summed E-state index contributed by atoms with van der Waals surface area (Å²) in [5.74, 6) is 0.818. The number of hydrogen-bond acceptors (Lipinski definition) is 3. The number of fused-ring (bicyclic) bond motifs is 3. The molecule has 37 heavy (non-hydrogen) atoms. The second-order valence-electron chi connectivity index (χ2n) is 10.2. The number of halogens is 3. The zero-order chi connectivity index (χ0) is 26.2. The molecule has 1 fully saturated rings. The Balaban J connectivity index is 1.46. The van der Waals surface area contributed by atoms with Crippen LogP contribution in [0.5, 0.6) is 0 Å². The van der Waals surface area contributed by atoms with Crippen molar-refractivity contribution in [2.75, 3.05) is 5.32 Å². The van der Waals surface area contributed by atoms with E-state index < -0.39 is 17.3 Å². The number of amides is 1. The van der Waals surface area contributed by atoms with Gasteiger partial charge in [0, 0.05) is 5.92 Å². The van der Waals surface area contributed by atoms with E-state index in [0.29, 0.717) is 35.7 Å². The minimum absolute atomic E-state index is 0.0827. The minimum atomic E-state index is -4.40. The van der Waals surface area contributed by atoms with E-state index >= 15 is 0 Å². The molecule has 3 unspecified atom stereocenters. The normalized spacial score (nSPS) is 21.5. The van der Waals surface area contributed by atoms with E-state index in [9.17, 15) is 18.0 Å². The van der Waals surface area contributed by atoms with Gasteiger partial charge in [0.2, 0.25) is 0 Å². The summed E-state index contributed by atoms with van der Waals surface area (Å²) in [7, 11) is 0. The van der Waals surface area contributed by atoms with E-state index in [-0.39, 0.29) is 18.0 Å². The topological polar surface area (TPSA) is 59.0 Å². The first-order valence-corrected chi connectivity index (χ1v) is 13.2. The molecule has 3 aromatic rings. The first-order valence-electron chi connectivity index (χ1n) is 13.2.